The van der Waals surface area contributed by atoms with Gasteiger partial charge in [-0.2, -0.15) is 0 Å². The van der Waals surface area contributed by atoms with E-state index in [0.717, 1.165) is 0 Å². The van der Waals surface area contributed by atoms with Gasteiger partial charge in [-0.15, -0.1) is 0 Å². The lowest BCUT2D eigenvalue weighted by atomic mass is 10.1. The first-order valence-corrected chi connectivity index (χ1v) is 17.0. The molecule has 0 fully saturated rings. The number of aromatic nitrogens is 2. The van der Waals surface area contributed by atoms with Crippen molar-refractivity contribution in [2.45, 2.75) is 39.3 Å². The third kappa shape index (κ3) is 2.37. The van der Waals surface area contributed by atoms with Crippen LogP contribution >= 0.6 is 0 Å². The minimum absolute atomic E-state index is 1.38. The third-order valence-electron chi connectivity index (χ3n) is 5.81. The Kier molecular flexibility index (Phi) is 3.56. The number of hydrogen-bond donors (Lipinski definition) is 0. The second-order valence-corrected chi connectivity index (χ2v) is 19.5. The summed E-state index contributed by atoms with van der Waals surface area (Å²) in [6.45, 7) is 14.6. The predicted octanol–water partition coefficient (Wildman–Crippen LogP) is 7.27. The molecule has 0 aliphatic heterocycles. The van der Waals surface area contributed by atoms with Crippen LogP contribution in [0.15, 0.2) is 60.7 Å². The minimum atomic E-state index is -1.58. The van der Waals surface area contributed by atoms with Gasteiger partial charge in [0.2, 0.25) is 0 Å². The lowest BCUT2D eigenvalue weighted by molar-refractivity contribution is 1.25. The Morgan fingerprint density at radius 3 is 1.18 bits per heavy atom. The molecule has 2 aromatic heterocycles. The first kappa shape index (κ1) is 17.8. The van der Waals surface area contributed by atoms with Crippen LogP contribution < -0.4 is 0 Å². The summed E-state index contributed by atoms with van der Waals surface area (Å²) in [5.74, 6) is 0. The summed E-state index contributed by atoms with van der Waals surface area (Å²) in [6.07, 6.45) is 0. The molecule has 0 spiro atoms. The summed E-state index contributed by atoms with van der Waals surface area (Å²) in [7, 11) is -3.15. The maximum Gasteiger partial charge on any atom is 0.153 e. The summed E-state index contributed by atoms with van der Waals surface area (Å²) >= 11 is 0. The normalized spacial score (nSPS) is 13.4. The zero-order valence-corrected chi connectivity index (χ0v) is 19.7. The zero-order valence-electron chi connectivity index (χ0n) is 17.7. The third-order valence-corrected chi connectivity index (χ3v) is 9.45. The second kappa shape index (κ2) is 5.61. The Labute approximate surface area is 168 Å². The monoisotopic (exact) mass is 400 g/mol. The van der Waals surface area contributed by atoms with E-state index in [9.17, 15) is 0 Å². The van der Waals surface area contributed by atoms with Crippen LogP contribution in [0.1, 0.15) is 0 Å². The van der Waals surface area contributed by atoms with Crippen molar-refractivity contribution in [3.63, 3.8) is 0 Å². The van der Waals surface area contributed by atoms with Gasteiger partial charge in [-0.1, -0.05) is 75.7 Å². The molecule has 2 nitrogen and oxygen atoms in total. The van der Waals surface area contributed by atoms with E-state index in [1.54, 1.807) is 0 Å². The molecule has 2 heterocycles. The molecule has 0 aliphatic carbocycles. The standard InChI is InChI=1S/C24H28N2Si2/c1-27(2,3)25-21-13-9-7-11-17(21)19-16-24-20(15-23(19)25)18-12-8-10-14-22(18)26(24)28(4,5)6/h7-16H,1-6H3. The quantitative estimate of drug-likeness (QED) is 0.276. The Hall–Kier alpha value is -2.31. The van der Waals surface area contributed by atoms with Crippen molar-refractivity contribution < 1.29 is 0 Å². The van der Waals surface area contributed by atoms with Crippen LogP contribution in [-0.2, 0) is 0 Å². The molecule has 0 N–H and O–H groups in total. The van der Waals surface area contributed by atoms with Crippen LogP contribution in [0.3, 0.4) is 0 Å². The molecular weight excluding hydrogens is 372 g/mol. The Morgan fingerprint density at radius 2 is 0.821 bits per heavy atom. The van der Waals surface area contributed by atoms with Gasteiger partial charge < -0.3 is 8.47 Å². The van der Waals surface area contributed by atoms with Crippen LogP contribution in [-0.4, -0.2) is 24.9 Å². The van der Waals surface area contributed by atoms with Gasteiger partial charge in [0, 0.05) is 43.6 Å². The van der Waals surface area contributed by atoms with E-state index in [0.29, 0.717) is 0 Å². The van der Waals surface area contributed by atoms with Gasteiger partial charge in [0.05, 0.1) is 0 Å². The van der Waals surface area contributed by atoms with Crippen molar-refractivity contribution in [2.75, 3.05) is 0 Å². The molecule has 5 aromatic rings. The van der Waals surface area contributed by atoms with Crippen LogP contribution in [0.25, 0.3) is 43.6 Å². The fraction of sp³-hybridized carbons (Fsp3) is 0.250. The minimum Gasteiger partial charge on any atom is -0.368 e. The largest absolute Gasteiger partial charge is 0.368 e. The highest BCUT2D eigenvalue weighted by atomic mass is 28.3. The number of hydrogen-bond acceptors (Lipinski definition) is 0. The molecule has 0 radical (unpaired) electrons. The molecule has 142 valence electrons. The first-order valence-electron chi connectivity index (χ1n) is 10.2. The first-order chi connectivity index (χ1) is 13.2. The molecule has 0 aliphatic rings. The van der Waals surface area contributed by atoms with Crippen LogP contribution in [0.4, 0.5) is 0 Å². The van der Waals surface area contributed by atoms with E-state index in [2.05, 4.69) is 108 Å². The Bertz CT molecular complexity index is 1270. The lowest BCUT2D eigenvalue weighted by Gasteiger charge is -2.23. The van der Waals surface area contributed by atoms with E-state index in [-0.39, 0.29) is 0 Å². The summed E-state index contributed by atoms with van der Waals surface area (Å²) in [5, 5.41) is 5.56. The molecule has 4 heteroatoms. The average molecular weight is 401 g/mol. The van der Waals surface area contributed by atoms with Crippen molar-refractivity contribution in [1.29, 1.82) is 0 Å². The zero-order chi connectivity index (χ0) is 19.8. The molecule has 0 saturated heterocycles. The highest BCUT2D eigenvalue weighted by Crippen LogP contribution is 2.39. The number of fused-ring (bicyclic) bond motifs is 6. The highest BCUT2D eigenvalue weighted by molar-refractivity contribution is 6.77. The fourth-order valence-corrected chi connectivity index (χ4v) is 8.53. The number of nitrogens with zero attached hydrogens (tertiary/aromatic N) is 2. The molecule has 0 saturated carbocycles. The van der Waals surface area contributed by atoms with Gasteiger partial charge >= 0.3 is 0 Å². The summed E-state index contributed by atoms with van der Waals surface area (Å²) in [5.41, 5.74) is 5.55. The number of para-hydroxylation sites is 2. The fourth-order valence-electron chi connectivity index (χ4n) is 4.88. The SMILES string of the molecule is C[Si](C)(C)n1c2ccccc2c2cc3c(cc21)c1ccccc1n3[Si](C)(C)C. The van der Waals surface area contributed by atoms with Gasteiger partial charge in [0.1, 0.15) is 0 Å². The molecule has 0 amide bonds. The van der Waals surface area contributed by atoms with E-state index in [1.165, 1.54) is 43.6 Å². The predicted molar refractivity (Wildman–Crippen MR) is 130 cm³/mol. The van der Waals surface area contributed by atoms with E-state index >= 15 is 0 Å². The molecule has 5 rings (SSSR count). The van der Waals surface area contributed by atoms with E-state index in [4.69, 9.17) is 0 Å². The highest BCUT2D eigenvalue weighted by Gasteiger charge is 2.26. The van der Waals surface area contributed by atoms with Crippen molar-refractivity contribution in [2.24, 2.45) is 0 Å². The van der Waals surface area contributed by atoms with Gasteiger partial charge in [-0.3, -0.25) is 0 Å². The van der Waals surface area contributed by atoms with Crippen molar-refractivity contribution in [3.05, 3.63) is 60.7 Å². The van der Waals surface area contributed by atoms with Gasteiger partial charge in [-0.05, 0) is 24.3 Å². The smallest absolute Gasteiger partial charge is 0.153 e. The summed E-state index contributed by atoms with van der Waals surface area (Å²) < 4.78 is 5.30. The van der Waals surface area contributed by atoms with Crippen LogP contribution in [0.2, 0.25) is 39.3 Å². The van der Waals surface area contributed by atoms with Gasteiger partial charge in [-0.25, -0.2) is 0 Å². The van der Waals surface area contributed by atoms with Crippen molar-refractivity contribution in [3.8, 4) is 0 Å². The van der Waals surface area contributed by atoms with Crippen molar-refractivity contribution >= 4 is 60.1 Å². The lowest BCUT2D eigenvalue weighted by Crippen LogP contribution is -2.32. The maximum absolute atomic E-state index is 2.65. The van der Waals surface area contributed by atoms with E-state index in [1.807, 2.05) is 0 Å². The van der Waals surface area contributed by atoms with E-state index < -0.39 is 16.5 Å². The second-order valence-electron chi connectivity index (χ2n) is 9.93. The molecule has 3 aromatic carbocycles. The molecule has 0 atom stereocenters. The molecule has 0 unspecified atom stereocenters. The van der Waals surface area contributed by atoms with Gasteiger partial charge in [0.25, 0.3) is 0 Å². The Balaban J connectivity index is 2.08. The molecule has 28 heavy (non-hydrogen) atoms. The number of benzene rings is 3. The topological polar surface area (TPSA) is 9.86 Å². The van der Waals surface area contributed by atoms with Gasteiger partial charge in [0.15, 0.2) is 16.5 Å². The van der Waals surface area contributed by atoms with Crippen LogP contribution in [0.5, 0.6) is 0 Å². The summed E-state index contributed by atoms with van der Waals surface area (Å²) in [6, 6.07) is 22.8. The van der Waals surface area contributed by atoms with Crippen molar-refractivity contribution in [1.82, 2.24) is 8.47 Å². The summed E-state index contributed by atoms with van der Waals surface area (Å²) in [4.78, 5) is 0. The average Bonchev–Trinajstić information content (AvgIpc) is 3.11. The molecular formula is C24H28N2Si2. The molecule has 0 bridgehead atoms. The maximum atomic E-state index is 2.65. The Morgan fingerprint density at radius 1 is 0.464 bits per heavy atom. The van der Waals surface area contributed by atoms with Crippen LogP contribution in [0, 0.1) is 0 Å². The number of rotatable bonds is 2.